The minimum absolute atomic E-state index is 0.222. The highest BCUT2D eigenvalue weighted by Gasteiger charge is 2.12. The van der Waals surface area contributed by atoms with E-state index in [1.165, 1.54) is 5.56 Å². The maximum Gasteiger partial charge on any atom is 0.0642 e. The predicted molar refractivity (Wildman–Crippen MR) is 74.7 cm³/mol. The Labute approximate surface area is 105 Å². The number of rotatable bonds is 5. The Bertz CT molecular complexity index is 322. The molecule has 1 aromatic rings. The van der Waals surface area contributed by atoms with Crippen molar-refractivity contribution in [1.82, 2.24) is 0 Å². The molecule has 0 aliphatic heterocycles. The van der Waals surface area contributed by atoms with E-state index in [2.05, 4.69) is 64.2 Å². The lowest BCUT2D eigenvalue weighted by Crippen LogP contribution is -2.14. The summed E-state index contributed by atoms with van der Waals surface area (Å²) in [6.07, 6.45) is 0.306. The number of ether oxygens (including phenoxy) is 1. The normalized spacial score (nSPS) is 11.9. The van der Waals surface area contributed by atoms with Crippen molar-refractivity contribution in [3.63, 3.8) is 0 Å². The smallest absolute Gasteiger partial charge is 0.0642 e. The fourth-order valence-electron chi connectivity index (χ4n) is 1.58. The van der Waals surface area contributed by atoms with Crippen LogP contribution >= 0.6 is 0 Å². The summed E-state index contributed by atoms with van der Waals surface area (Å²) in [6, 6.07) is 8.64. The third kappa shape index (κ3) is 5.22. The molecule has 0 spiro atoms. The van der Waals surface area contributed by atoms with Crippen LogP contribution in [-0.4, -0.2) is 19.3 Å². The van der Waals surface area contributed by atoms with Gasteiger partial charge in [0.2, 0.25) is 0 Å². The summed E-state index contributed by atoms with van der Waals surface area (Å²) in [6.45, 7) is 12.4. The quantitative estimate of drug-likeness (QED) is 0.783. The highest BCUT2D eigenvalue weighted by molar-refractivity contribution is 5.45. The summed E-state index contributed by atoms with van der Waals surface area (Å²) in [5.41, 5.74) is 2.74. The second-order valence-corrected chi connectivity index (χ2v) is 5.67. The fraction of sp³-hybridized carbons (Fsp3) is 0.600. The van der Waals surface area contributed by atoms with Crippen LogP contribution in [0.1, 0.15) is 40.2 Å². The number of benzene rings is 1. The van der Waals surface area contributed by atoms with Gasteiger partial charge in [-0.25, -0.2) is 0 Å². The van der Waals surface area contributed by atoms with Crippen LogP contribution in [0.25, 0.3) is 0 Å². The van der Waals surface area contributed by atoms with Crippen LogP contribution in [-0.2, 0) is 10.2 Å². The van der Waals surface area contributed by atoms with Gasteiger partial charge in [-0.15, -0.1) is 0 Å². The minimum Gasteiger partial charge on any atom is -0.383 e. The van der Waals surface area contributed by atoms with E-state index in [4.69, 9.17) is 4.74 Å². The molecule has 0 atom stereocenters. The van der Waals surface area contributed by atoms with Crippen LogP contribution in [0.15, 0.2) is 24.3 Å². The Morgan fingerprint density at radius 3 is 2.18 bits per heavy atom. The molecule has 0 radical (unpaired) electrons. The second-order valence-electron chi connectivity index (χ2n) is 5.67. The van der Waals surface area contributed by atoms with Crippen molar-refractivity contribution in [1.29, 1.82) is 0 Å². The summed E-state index contributed by atoms with van der Waals surface area (Å²) in [7, 11) is 0. The van der Waals surface area contributed by atoms with Crippen LogP contribution in [0.5, 0.6) is 0 Å². The average molecular weight is 235 g/mol. The SMILES string of the molecule is CC(C)OCCNc1ccc(C(C)(C)C)cc1. The third-order valence-electron chi connectivity index (χ3n) is 2.63. The second kappa shape index (κ2) is 6.06. The largest absolute Gasteiger partial charge is 0.383 e. The molecular weight excluding hydrogens is 210 g/mol. The topological polar surface area (TPSA) is 21.3 Å². The summed E-state index contributed by atoms with van der Waals surface area (Å²) in [4.78, 5) is 0. The van der Waals surface area contributed by atoms with Crippen LogP contribution in [0.4, 0.5) is 5.69 Å². The van der Waals surface area contributed by atoms with Crippen molar-refractivity contribution in [3.8, 4) is 0 Å². The molecule has 0 fully saturated rings. The van der Waals surface area contributed by atoms with Gasteiger partial charge in [0.15, 0.2) is 0 Å². The first-order valence-corrected chi connectivity index (χ1v) is 6.35. The van der Waals surface area contributed by atoms with Crippen molar-refractivity contribution < 1.29 is 4.74 Å². The molecule has 0 aliphatic carbocycles. The van der Waals surface area contributed by atoms with Gasteiger partial charge in [0.25, 0.3) is 0 Å². The zero-order valence-corrected chi connectivity index (χ0v) is 11.7. The molecule has 0 amide bonds. The highest BCUT2D eigenvalue weighted by Crippen LogP contribution is 2.23. The molecule has 0 aliphatic rings. The van der Waals surface area contributed by atoms with Gasteiger partial charge >= 0.3 is 0 Å². The standard InChI is InChI=1S/C15H25NO/c1-12(2)17-11-10-16-14-8-6-13(7-9-14)15(3,4)5/h6-9,12,16H,10-11H2,1-5H3. The molecule has 2 nitrogen and oxygen atoms in total. The van der Waals surface area contributed by atoms with Gasteiger partial charge in [-0.2, -0.15) is 0 Å². The Kier molecular flexibility index (Phi) is 5.01. The zero-order chi connectivity index (χ0) is 12.9. The Morgan fingerprint density at radius 1 is 1.12 bits per heavy atom. The molecule has 0 saturated heterocycles. The van der Waals surface area contributed by atoms with Crippen molar-refractivity contribution in [2.75, 3.05) is 18.5 Å². The number of hydrogen-bond acceptors (Lipinski definition) is 2. The van der Waals surface area contributed by atoms with Gasteiger partial charge in [-0.05, 0) is 37.0 Å². The Hall–Kier alpha value is -1.02. The van der Waals surface area contributed by atoms with E-state index < -0.39 is 0 Å². The molecule has 0 bridgehead atoms. The first-order chi connectivity index (χ1) is 7.89. The van der Waals surface area contributed by atoms with Crippen molar-refractivity contribution in [2.24, 2.45) is 0 Å². The third-order valence-corrected chi connectivity index (χ3v) is 2.63. The number of anilines is 1. The average Bonchev–Trinajstić information content (AvgIpc) is 2.23. The molecule has 0 aromatic heterocycles. The molecule has 0 heterocycles. The van der Waals surface area contributed by atoms with E-state index >= 15 is 0 Å². The molecule has 96 valence electrons. The molecular formula is C15H25NO. The lowest BCUT2D eigenvalue weighted by atomic mass is 9.87. The van der Waals surface area contributed by atoms with Gasteiger partial charge in [0, 0.05) is 12.2 Å². The van der Waals surface area contributed by atoms with Crippen LogP contribution in [0.2, 0.25) is 0 Å². The number of hydrogen-bond donors (Lipinski definition) is 1. The van der Waals surface area contributed by atoms with Crippen molar-refractivity contribution in [2.45, 2.75) is 46.1 Å². The Balaban J connectivity index is 2.41. The van der Waals surface area contributed by atoms with E-state index in [1.54, 1.807) is 0 Å². The summed E-state index contributed by atoms with van der Waals surface area (Å²) >= 11 is 0. The lowest BCUT2D eigenvalue weighted by Gasteiger charge is -2.19. The van der Waals surface area contributed by atoms with Gasteiger partial charge in [0.1, 0.15) is 0 Å². The zero-order valence-electron chi connectivity index (χ0n) is 11.7. The molecule has 1 aromatic carbocycles. The van der Waals surface area contributed by atoms with E-state index in [9.17, 15) is 0 Å². The van der Waals surface area contributed by atoms with Crippen molar-refractivity contribution in [3.05, 3.63) is 29.8 Å². The number of nitrogens with one attached hydrogen (secondary N) is 1. The lowest BCUT2D eigenvalue weighted by molar-refractivity contribution is 0.0870. The first-order valence-electron chi connectivity index (χ1n) is 6.35. The van der Waals surface area contributed by atoms with Crippen LogP contribution < -0.4 is 5.32 Å². The van der Waals surface area contributed by atoms with E-state index in [1.807, 2.05) is 0 Å². The fourth-order valence-corrected chi connectivity index (χ4v) is 1.58. The maximum atomic E-state index is 5.48. The summed E-state index contributed by atoms with van der Waals surface area (Å²) < 4.78 is 5.48. The van der Waals surface area contributed by atoms with Gasteiger partial charge in [0.05, 0.1) is 12.7 Å². The van der Waals surface area contributed by atoms with Crippen LogP contribution in [0.3, 0.4) is 0 Å². The van der Waals surface area contributed by atoms with E-state index in [0.717, 1.165) is 18.8 Å². The minimum atomic E-state index is 0.222. The Morgan fingerprint density at radius 2 is 1.71 bits per heavy atom. The molecule has 2 heteroatoms. The van der Waals surface area contributed by atoms with Gasteiger partial charge in [-0.3, -0.25) is 0 Å². The van der Waals surface area contributed by atoms with Crippen LogP contribution in [0, 0.1) is 0 Å². The monoisotopic (exact) mass is 235 g/mol. The summed E-state index contributed by atoms with van der Waals surface area (Å²) in [5.74, 6) is 0. The molecule has 1 N–H and O–H groups in total. The van der Waals surface area contributed by atoms with E-state index in [0.29, 0.717) is 6.10 Å². The molecule has 1 rings (SSSR count). The highest BCUT2D eigenvalue weighted by atomic mass is 16.5. The van der Waals surface area contributed by atoms with Gasteiger partial charge < -0.3 is 10.1 Å². The van der Waals surface area contributed by atoms with Crippen molar-refractivity contribution >= 4 is 5.69 Å². The molecule has 0 saturated carbocycles. The molecule has 17 heavy (non-hydrogen) atoms. The maximum absolute atomic E-state index is 5.48. The summed E-state index contributed by atoms with van der Waals surface area (Å²) in [5, 5.41) is 3.35. The molecule has 0 unspecified atom stereocenters. The van der Waals surface area contributed by atoms with E-state index in [-0.39, 0.29) is 5.41 Å². The van der Waals surface area contributed by atoms with Gasteiger partial charge in [-0.1, -0.05) is 32.9 Å². The predicted octanol–water partition coefficient (Wildman–Crippen LogP) is 3.82. The first kappa shape index (κ1) is 14.0.